The Morgan fingerprint density at radius 3 is 3.00 bits per heavy atom. The highest BCUT2D eigenvalue weighted by Gasteiger charge is 2.10. The van der Waals surface area contributed by atoms with E-state index in [1.54, 1.807) is 4.52 Å². The van der Waals surface area contributed by atoms with E-state index in [4.69, 9.17) is 22.5 Å². The molecule has 2 nitrogen and oxygen atoms in total. The number of rotatable bonds is 1. The van der Waals surface area contributed by atoms with Crippen molar-refractivity contribution in [3.05, 3.63) is 24.4 Å². The minimum atomic E-state index is -1.05. The molecule has 2 aromatic rings. The summed E-state index contributed by atoms with van der Waals surface area (Å²) in [6.07, 6.45) is 1.89. The van der Waals surface area contributed by atoms with E-state index in [0.29, 0.717) is 0 Å². The summed E-state index contributed by atoms with van der Waals surface area (Å²) in [6, 6.07) is 5.85. The van der Waals surface area contributed by atoms with Crippen molar-refractivity contribution in [2.24, 2.45) is 0 Å². The summed E-state index contributed by atoms with van der Waals surface area (Å²) in [4.78, 5) is 4.20. The molecule has 0 unspecified atom stereocenters. The van der Waals surface area contributed by atoms with Crippen LogP contribution in [0.5, 0.6) is 0 Å². The van der Waals surface area contributed by atoms with Crippen molar-refractivity contribution >= 4 is 48.0 Å². The summed E-state index contributed by atoms with van der Waals surface area (Å²) in [5, 5.41) is 1.01. The molecule has 0 bridgehead atoms. The van der Waals surface area contributed by atoms with Gasteiger partial charge in [-0.3, -0.25) is 0 Å². The van der Waals surface area contributed by atoms with Crippen LogP contribution in [-0.4, -0.2) is 9.38 Å². The van der Waals surface area contributed by atoms with Gasteiger partial charge in [0.1, 0.15) is 6.63 Å². The van der Waals surface area contributed by atoms with Crippen molar-refractivity contribution in [3.8, 4) is 0 Å². The van der Waals surface area contributed by atoms with Gasteiger partial charge in [0.25, 0.3) is 0 Å². The SMILES string of the molecule is ClP(Cl)c1pnn2ccccc12. The van der Waals surface area contributed by atoms with Crippen molar-refractivity contribution in [2.75, 3.05) is 0 Å². The topological polar surface area (TPSA) is 17.3 Å². The summed E-state index contributed by atoms with van der Waals surface area (Å²) in [6.45, 7) is -1.05. The lowest BCUT2D eigenvalue weighted by Gasteiger charge is -1.95. The van der Waals surface area contributed by atoms with E-state index in [2.05, 4.69) is 4.86 Å². The minimum Gasteiger partial charge on any atom is -0.236 e. The van der Waals surface area contributed by atoms with Gasteiger partial charge in [-0.15, -0.1) is 4.86 Å². The second kappa shape index (κ2) is 3.47. The molecule has 0 aromatic carbocycles. The van der Waals surface area contributed by atoms with Crippen LogP contribution in [0.2, 0.25) is 0 Å². The van der Waals surface area contributed by atoms with Crippen molar-refractivity contribution in [1.82, 2.24) is 9.38 Å². The maximum atomic E-state index is 5.82. The molecule has 0 amide bonds. The molecule has 12 heavy (non-hydrogen) atoms. The van der Waals surface area contributed by atoms with E-state index in [9.17, 15) is 0 Å². The summed E-state index contributed by atoms with van der Waals surface area (Å²) in [7, 11) is 0.868. The van der Waals surface area contributed by atoms with Crippen LogP contribution in [0, 0.1) is 0 Å². The normalized spacial score (nSPS) is 11.9. The molecule has 2 heterocycles. The van der Waals surface area contributed by atoms with Crippen molar-refractivity contribution in [1.29, 1.82) is 0 Å². The first kappa shape index (κ1) is 8.72. The van der Waals surface area contributed by atoms with E-state index in [1.165, 1.54) is 0 Å². The third-order valence-electron chi connectivity index (χ3n) is 1.46. The maximum Gasteiger partial charge on any atom is 0.125 e. The monoisotopic (exact) mass is 236 g/mol. The summed E-state index contributed by atoms with van der Waals surface area (Å²) in [5.41, 5.74) is 1.02. The Morgan fingerprint density at radius 1 is 1.42 bits per heavy atom. The first-order valence-corrected chi connectivity index (χ1v) is 7.20. The lowest BCUT2D eigenvalue weighted by Crippen LogP contribution is -1.90. The fourth-order valence-corrected chi connectivity index (χ4v) is 3.44. The molecule has 0 saturated carbocycles. The third kappa shape index (κ3) is 1.45. The van der Waals surface area contributed by atoms with Gasteiger partial charge in [-0.05, 0) is 12.1 Å². The number of halogens is 2. The summed E-state index contributed by atoms with van der Waals surface area (Å²) in [5.74, 6) is 0. The Bertz CT molecular complexity index is 401. The zero-order chi connectivity index (χ0) is 8.55. The Hall–Kier alpha value is 0.130. The zero-order valence-corrected chi connectivity index (χ0v) is 9.15. The van der Waals surface area contributed by atoms with E-state index in [-0.39, 0.29) is 0 Å². The number of hydrogen-bond donors (Lipinski definition) is 0. The molecule has 0 aliphatic carbocycles. The van der Waals surface area contributed by atoms with Crippen molar-refractivity contribution < 1.29 is 0 Å². The molecule has 0 radical (unpaired) electrons. The summed E-state index contributed by atoms with van der Waals surface area (Å²) < 4.78 is 1.80. The standard InChI is InChI=1S/C6H4Cl2N2P2/c7-12(8)6-5-3-1-2-4-10(5)9-11-6/h1-4H. The zero-order valence-electron chi connectivity index (χ0n) is 5.85. The van der Waals surface area contributed by atoms with Crippen LogP contribution < -0.4 is 5.04 Å². The fourth-order valence-electron chi connectivity index (χ4n) is 0.952. The van der Waals surface area contributed by atoms with Crippen LogP contribution in [0.4, 0.5) is 0 Å². The van der Waals surface area contributed by atoms with Gasteiger partial charge in [0, 0.05) is 6.20 Å². The maximum absolute atomic E-state index is 5.82. The third-order valence-corrected chi connectivity index (χ3v) is 5.30. The molecule has 0 aliphatic rings. The second-order valence-corrected chi connectivity index (χ2v) is 6.82. The van der Waals surface area contributed by atoms with E-state index < -0.39 is 6.63 Å². The largest absolute Gasteiger partial charge is 0.236 e. The van der Waals surface area contributed by atoms with Crippen molar-refractivity contribution in [2.45, 2.75) is 0 Å². The lowest BCUT2D eigenvalue weighted by atomic mass is 10.4. The number of aromatic nitrogens is 2. The Morgan fingerprint density at radius 2 is 2.25 bits per heavy atom. The van der Waals surface area contributed by atoms with Crippen LogP contribution in [0.3, 0.4) is 0 Å². The number of hydrogen-bond acceptors (Lipinski definition) is 1. The first-order valence-electron chi connectivity index (χ1n) is 3.21. The molecule has 6 heteroatoms. The number of pyridine rings is 1. The molecule has 2 aromatic heterocycles. The lowest BCUT2D eigenvalue weighted by molar-refractivity contribution is 1.01. The van der Waals surface area contributed by atoms with Gasteiger partial charge in [0.15, 0.2) is 0 Å². The highest BCUT2D eigenvalue weighted by atomic mass is 35.9. The van der Waals surface area contributed by atoms with E-state index >= 15 is 0 Å². The Kier molecular flexibility index (Phi) is 2.52. The smallest absolute Gasteiger partial charge is 0.125 e. The molecule has 0 saturated heterocycles. The van der Waals surface area contributed by atoms with E-state index in [1.807, 2.05) is 24.4 Å². The summed E-state index contributed by atoms with van der Waals surface area (Å²) >= 11 is 11.6. The van der Waals surface area contributed by atoms with Gasteiger partial charge < -0.3 is 0 Å². The van der Waals surface area contributed by atoms with Crippen LogP contribution >= 0.6 is 37.5 Å². The molecule has 0 N–H and O–H groups in total. The van der Waals surface area contributed by atoms with Crippen LogP contribution in [-0.2, 0) is 0 Å². The van der Waals surface area contributed by atoms with Gasteiger partial charge in [0.2, 0.25) is 0 Å². The molecular formula is C6H4Cl2N2P2. The van der Waals surface area contributed by atoms with Gasteiger partial charge in [-0.1, -0.05) is 28.5 Å². The van der Waals surface area contributed by atoms with Gasteiger partial charge in [-0.2, -0.15) is 0 Å². The molecule has 0 fully saturated rings. The highest BCUT2D eigenvalue weighted by Crippen LogP contribution is 2.48. The average molecular weight is 237 g/mol. The van der Waals surface area contributed by atoms with Crippen LogP contribution in [0.1, 0.15) is 0 Å². The Labute approximate surface area is 82.0 Å². The van der Waals surface area contributed by atoms with Crippen LogP contribution in [0.15, 0.2) is 24.4 Å². The quantitative estimate of drug-likeness (QED) is 0.695. The predicted octanol–water partition coefficient (Wildman–Crippen LogP) is 3.33. The average Bonchev–Trinajstić information content (AvgIpc) is 2.47. The molecule has 0 spiro atoms. The highest BCUT2D eigenvalue weighted by molar-refractivity contribution is 8.11. The molecule has 2 rings (SSSR count). The number of fused-ring (bicyclic) bond motifs is 1. The van der Waals surface area contributed by atoms with Crippen molar-refractivity contribution in [3.63, 3.8) is 0 Å². The van der Waals surface area contributed by atoms with E-state index in [0.717, 1.165) is 18.9 Å². The van der Waals surface area contributed by atoms with Gasteiger partial charge in [-0.25, -0.2) is 4.52 Å². The molecular weight excluding hydrogens is 233 g/mol. The fraction of sp³-hybridized carbons (Fsp3) is 0. The van der Waals surface area contributed by atoms with Gasteiger partial charge >= 0.3 is 0 Å². The number of nitrogens with zero attached hydrogens (tertiary/aromatic N) is 2. The predicted molar refractivity (Wildman–Crippen MR) is 56.0 cm³/mol. The van der Waals surface area contributed by atoms with Crippen LogP contribution in [0.25, 0.3) is 5.52 Å². The minimum absolute atomic E-state index is 0.868. The molecule has 62 valence electrons. The second-order valence-electron chi connectivity index (χ2n) is 2.18. The molecule has 0 aliphatic heterocycles. The Balaban J connectivity index is 2.70. The first-order chi connectivity index (χ1) is 5.79. The molecule has 0 atom stereocenters. The van der Waals surface area contributed by atoms with Gasteiger partial charge in [0.05, 0.1) is 18.9 Å².